The lowest BCUT2D eigenvalue weighted by molar-refractivity contribution is 0.370. The van der Waals surface area contributed by atoms with Gasteiger partial charge in [-0.15, -0.1) is 0 Å². The molecule has 1 saturated heterocycles. The van der Waals surface area contributed by atoms with Crippen LogP contribution in [0.4, 0.5) is 17.5 Å². The van der Waals surface area contributed by atoms with Gasteiger partial charge in [0, 0.05) is 44.5 Å². The van der Waals surface area contributed by atoms with Crippen molar-refractivity contribution >= 4 is 27.5 Å². The Balaban J connectivity index is 1.47. The minimum atomic E-state index is -3.74. The number of benzene rings is 1. The van der Waals surface area contributed by atoms with Crippen molar-refractivity contribution in [3.05, 3.63) is 55.0 Å². The number of piperazine rings is 1. The number of pyridine rings is 1. The van der Waals surface area contributed by atoms with Crippen molar-refractivity contribution in [2.24, 2.45) is 0 Å². The SMILES string of the molecule is COc1ccc(OC)c(S(=O)(=O)N2CCN(c3cc(Nc4ccccn4)ncn3)CC2)c1. The molecule has 0 bridgehead atoms. The first-order valence-corrected chi connectivity index (χ1v) is 11.4. The molecule has 2 aromatic heterocycles. The Morgan fingerprint density at radius 2 is 1.72 bits per heavy atom. The fraction of sp³-hybridized carbons (Fsp3) is 0.286. The van der Waals surface area contributed by atoms with Gasteiger partial charge in [-0.05, 0) is 24.3 Å². The lowest BCUT2D eigenvalue weighted by Crippen LogP contribution is -2.49. The molecule has 1 aliphatic rings. The maximum Gasteiger partial charge on any atom is 0.247 e. The highest BCUT2D eigenvalue weighted by atomic mass is 32.2. The summed E-state index contributed by atoms with van der Waals surface area (Å²) in [6, 6.07) is 12.1. The molecule has 1 aromatic carbocycles. The zero-order valence-electron chi connectivity index (χ0n) is 17.8. The van der Waals surface area contributed by atoms with E-state index in [-0.39, 0.29) is 10.6 Å². The van der Waals surface area contributed by atoms with Crippen molar-refractivity contribution in [1.29, 1.82) is 0 Å². The molecule has 0 aliphatic carbocycles. The van der Waals surface area contributed by atoms with E-state index in [0.29, 0.717) is 43.6 Å². The molecule has 168 valence electrons. The molecule has 32 heavy (non-hydrogen) atoms. The Kier molecular flexibility index (Phi) is 6.37. The average molecular weight is 457 g/mol. The highest BCUT2D eigenvalue weighted by Crippen LogP contribution is 2.31. The van der Waals surface area contributed by atoms with Crippen LogP contribution in [0.2, 0.25) is 0 Å². The Morgan fingerprint density at radius 3 is 2.41 bits per heavy atom. The number of hydrogen-bond acceptors (Lipinski definition) is 9. The van der Waals surface area contributed by atoms with E-state index < -0.39 is 10.0 Å². The number of sulfonamides is 1. The van der Waals surface area contributed by atoms with Crippen LogP contribution in [-0.2, 0) is 10.0 Å². The first-order chi connectivity index (χ1) is 15.5. The van der Waals surface area contributed by atoms with Gasteiger partial charge in [0.1, 0.15) is 40.2 Å². The summed E-state index contributed by atoms with van der Waals surface area (Å²) in [5.41, 5.74) is 0. The van der Waals surface area contributed by atoms with Crippen molar-refractivity contribution in [3.63, 3.8) is 0 Å². The van der Waals surface area contributed by atoms with Gasteiger partial charge in [0.05, 0.1) is 14.2 Å². The predicted molar refractivity (Wildman–Crippen MR) is 120 cm³/mol. The van der Waals surface area contributed by atoms with Crippen molar-refractivity contribution in [3.8, 4) is 11.5 Å². The second-order valence-electron chi connectivity index (χ2n) is 7.01. The molecule has 0 saturated carbocycles. The van der Waals surface area contributed by atoms with E-state index in [4.69, 9.17) is 9.47 Å². The van der Waals surface area contributed by atoms with E-state index in [1.165, 1.54) is 30.9 Å². The maximum absolute atomic E-state index is 13.3. The third-order valence-electron chi connectivity index (χ3n) is 5.12. The van der Waals surface area contributed by atoms with E-state index in [1.807, 2.05) is 29.2 Å². The largest absolute Gasteiger partial charge is 0.497 e. The molecule has 0 spiro atoms. The summed E-state index contributed by atoms with van der Waals surface area (Å²) in [6.07, 6.45) is 3.17. The number of nitrogens with zero attached hydrogens (tertiary/aromatic N) is 5. The molecule has 3 heterocycles. The van der Waals surface area contributed by atoms with Crippen LogP contribution < -0.4 is 19.7 Å². The summed E-state index contributed by atoms with van der Waals surface area (Å²) in [5.74, 6) is 2.76. The third kappa shape index (κ3) is 4.58. The number of ether oxygens (including phenoxy) is 2. The topological polar surface area (TPSA) is 110 Å². The average Bonchev–Trinajstić information content (AvgIpc) is 2.84. The van der Waals surface area contributed by atoms with Crippen molar-refractivity contribution < 1.29 is 17.9 Å². The van der Waals surface area contributed by atoms with E-state index in [2.05, 4.69) is 20.3 Å². The molecule has 3 aromatic rings. The maximum atomic E-state index is 13.3. The van der Waals surface area contributed by atoms with Gasteiger partial charge < -0.3 is 19.7 Å². The molecule has 1 fully saturated rings. The van der Waals surface area contributed by atoms with Crippen LogP contribution in [0.25, 0.3) is 0 Å². The fourth-order valence-corrected chi connectivity index (χ4v) is 5.03. The van der Waals surface area contributed by atoms with Gasteiger partial charge in [-0.25, -0.2) is 23.4 Å². The zero-order chi connectivity index (χ0) is 22.6. The number of anilines is 3. The number of rotatable bonds is 7. The van der Waals surface area contributed by atoms with Gasteiger partial charge in [-0.2, -0.15) is 4.31 Å². The van der Waals surface area contributed by atoms with E-state index >= 15 is 0 Å². The standard InChI is InChI=1S/C21H24N6O4S/c1-30-16-6-7-17(31-2)18(13-16)32(28,29)27-11-9-26(10-12-27)21-14-20(23-15-24-21)25-19-5-3-4-8-22-19/h3-8,13-15H,9-12H2,1-2H3,(H,22,23,24,25). The summed E-state index contributed by atoms with van der Waals surface area (Å²) < 4.78 is 38.5. The Bertz CT molecular complexity index is 1170. The molecule has 0 atom stereocenters. The van der Waals surface area contributed by atoms with Crippen LogP contribution in [0.3, 0.4) is 0 Å². The molecule has 0 radical (unpaired) electrons. The van der Waals surface area contributed by atoms with Gasteiger partial charge in [0.25, 0.3) is 0 Å². The summed E-state index contributed by atoms with van der Waals surface area (Å²) in [7, 11) is -0.799. The van der Waals surface area contributed by atoms with E-state index in [1.54, 1.807) is 18.3 Å². The lowest BCUT2D eigenvalue weighted by atomic mass is 10.3. The van der Waals surface area contributed by atoms with Crippen molar-refractivity contribution in [2.75, 3.05) is 50.6 Å². The fourth-order valence-electron chi connectivity index (χ4n) is 3.44. The molecule has 1 N–H and O–H groups in total. The minimum absolute atomic E-state index is 0.0942. The van der Waals surface area contributed by atoms with Crippen LogP contribution >= 0.6 is 0 Å². The lowest BCUT2D eigenvalue weighted by Gasteiger charge is -2.34. The monoisotopic (exact) mass is 456 g/mol. The molecule has 4 rings (SSSR count). The molecule has 10 nitrogen and oxygen atoms in total. The second-order valence-corrected chi connectivity index (χ2v) is 8.92. The van der Waals surface area contributed by atoms with E-state index in [0.717, 1.165) is 5.82 Å². The van der Waals surface area contributed by atoms with Gasteiger partial charge in [0.15, 0.2) is 0 Å². The molecule has 1 aliphatic heterocycles. The van der Waals surface area contributed by atoms with Gasteiger partial charge in [0.2, 0.25) is 10.0 Å². The Labute approximate surface area is 186 Å². The highest BCUT2D eigenvalue weighted by Gasteiger charge is 2.31. The predicted octanol–water partition coefficient (Wildman–Crippen LogP) is 2.14. The number of aromatic nitrogens is 3. The summed E-state index contributed by atoms with van der Waals surface area (Å²) >= 11 is 0. The van der Waals surface area contributed by atoms with Gasteiger partial charge in [-0.1, -0.05) is 6.07 Å². The number of methoxy groups -OCH3 is 2. The van der Waals surface area contributed by atoms with Gasteiger partial charge >= 0.3 is 0 Å². The summed E-state index contributed by atoms with van der Waals surface area (Å²) in [4.78, 5) is 14.9. The number of hydrogen-bond donors (Lipinski definition) is 1. The third-order valence-corrected chi connectivity index (χ3v) is 7.04. The first-order valence-electron chi connectivity index (χ1n) is 9.98. The smallest absolute Gasteiger partial charge is 0.247 e. The normalized spacial score (nSPS) is 14.8. The second kappa shape index (κ2) is 9.37. The Morgan fingerprint density at radius 1 is 0.906 bits per heavy atom. The van der Waals surface area contributed by atoms with Crippen LogP contribution in [0.15, 0.2) is 59.9 Å². The Hall–Kier alpha value is -3.44. The van der Waals surface area contributed by atoms with Crippen LogP contribution in [-0.4, -0.2) is 68.1 Å². The first kappa shape index (κ1) is 21.8. The summed E-state index contributed by atoms with van der Waals surface area (Å²) in [5, 5.41) is 3.14. The molecule has 11 heteroatoms. The number of nitrogens with one attached hydrogen (secondary N) is 1. The van der Waals surface area contributed by atoms with E-state index in [9.17, 15) is 8.42 Å². The highest BCUT2D eigenvalue weighted by molar-refractivity contribution is 7.89. The molecule has 0 amide bonds. The van der Waals surface area contributed by atoms with Crippen LogP contribution in [0.5, 0.6) is 11.5 Å². The molecule has 0 unspecified atom stereocenters. The minimum Gasteiger partial charge on any atom is -0.497 e. The van der Waals surface area contributed by atoms with Crippen LogP contribution in [0.1, 0.15) is 0 Å². The quantitative estimate of drug-likeness (QED) is 0.572. The molecular formula is C21H24N6O4S. The summed E-state index contributed by atoms with van der Waals surface area (Å²) in [6.45, 7) is 1.61. The van der Waals surface area contributed by atoms with Gasteiger partial charge in [-0.3, -0.25) is 0 Å². The zero-order valence-corrected chi connectivity index (χ0v) is 18.6. The van der Waals surface area contributed by atoms with Crippen LogP contribution in [0, 0.1) is 0 Å². The molecular weight excluding hydrogens is 432 g/mol. The van der Waals surface area contributed by atoms with Crippen molar-refractivity contribution in [2.45, 2.75) is 4.90 Å². The van der Waals surface area contributed by atoms with Crippen molar-refractivity contribution in [1.82, 2.24) is 19.3 Å².